The molecule has 1 N–H and O–H groups in total. The quantitative estimate of drug-likeness (QED) is 0.342. The van der Waals surface area contributed by atoms with E-state index in [0.717, 1.165) is 25.8 Å². The molecule has 1 atom stereocenters. The topological polar surface area (TPSA) is 72.3 Å². The van der Waals surface area contributed by atoms with E-state index >= 15 is 0 Å². The predicted octanol–water partition coefficient (Wildman–Crippen LogP) is 5.47. The number of hydrogen-bond acceptors (Lipinski definition) is 4. The second kappa shape index (κ2) is 8.30. The summed E-state index contributed by atoms with van der Waals surface area (Å²) in [6.45, 7) is 0.793. The molecule has 164 valence electrons. The van der Waals surface area contributed by atoms with Crippen LogP contribution < -0.4 is 0 Å². The summed E-state index contributed by atoms with van der Waals surface area (Å²) in [7, 11) is 0. The fourth-order valence-electron chi connectivity index (χ4n) is 4.29. The Hall–Kier alpha value is -2.76. The third kappa shape index (κ3) is 4.03. The minimum Gasteiger partial charge on any atom is -0.336 e. The fraction of sp³-hybridized carbons (Fsp3) is 0.273. The minimum atomic E-state index is -4.60. The zero-order chi connectivity index (χ0) is 22.3. The van der Waals surface area contributed by atoms with E-state index in [1.165, 1.54) is 27.0 Å². The van der Waals surface area contributed by atoms with E-state index in [0.29, 0.717) is 17.3 Å². The van der Waals surface area contributed by atoms with Gasteiger partial charge in [-0.3, -0.25) is 4.98 Å². The molecule has 5 rings (SSSR count). The highest BCUT2D eigenvalue weighted by Gasteiger charge is 2.38. The monoisotopic (exact) mass is 550 g/mol. The summed E-state index contributed by atoms with van der Waals surface area (Å²) < 4.78 is 42.9. The van der Waals surface area contributed by atoms with Gasteiger partial charge in [0, 0.05) is 34.0 Å². The van der Waals surface area contributed by atoms with Crippen molar-refractivity contribution in [3.05, 3.63) is 69.4 Å². The maximum absolute atomic E-state index is 13.2. The van der Waals surface area contributed by atoms with Crippen LogP contribution >= 0.6 is 22.6 Å². The van der Waals surface area contributed by atoms with Crippen molar-refractivity contribution in [2.75, 3.05) is 0 Å². The molecule has 3 aromatic heterocycles. The van der Waals surface area contributed by atoms with E-state index in [2.05, 4.69) is 66.2 Å². The third-order valence-electron chi connectivity index (χ3n) is 5.75. The van der Waals surface area contributed by atoms with Crippen LogP contribution in [0.2, 0.25) is 0 Å². The zero-order valence-corrected chi connectivity index (χ0v) is 18.9. The number of benzene rings is 1. The molecule has 0 aliphatic heterocycles. The van der Waals surface area contributed by atoms with Crippen LogP contribution in [0.1, 0.15) is 35.6 Å². The van der Waals surface area contributed by atoms with Crippen LogP contribution in [0.5, 0.6) is 0 Å². The van der Waals surface area contributed by atoms with Crippen molar-refractivity contribution in [1.82, 2.24) is 29.9 Å². The van der Waals surface area contributed by atoms with Crippen LogP contribution in [0.4, 0.5) is 13.2 Å². The highest BCUT2D eigenvalue weighted by atomic mass is 127. The molecule has 0 fully saturated rings. The summed E-state index contributed by atoms with van der Waals surface area (Å²) in [6.07, 6.45) is 3.88. The number of imidazole rings is 1. The van der Waals surface area contributed by atoms with Crippen LogP contribution in [-0.2, 0) is 19.1 Å². The van der Waals surface area contributed by atoms with Gasteiger partial charge in [0.05, 0.1) is 12.0 Å². The first-order valence-electron chi connectivity index (χ1n) is 10.1. The first kappa shape index (κ1) is 21.1. The normalized spacial score (nSPS) is 16.2. The van der Waals surface area contributed by atoms with E-state index in [-0.39, 0.29) is 11.3 Å². The molecular weight excluding hydrogens is 532 g/mol. The lowest BCUT2D eigenvalue weighted by Crippen LogP contribution is -2.15. The molecule has 0 radical (unpaired) electrons. The highest BCUT2D eigenvalue weighted by Crippen LogP contribution is 2.36. The predicted molar refractivity (Wildman–Crippen MR) is 121 cm³/mol. The van der Waals surface area contributed by atoms with Gasteiger partial charge >= 0.3 is 6.18 Å². The van der Waals surface area contributed by atoms with E-state index < -0.39 is 11.9 Å². The van der Waals surface area contributed by atoms with Gasteiger partial charge in [0.2, 0.25) is 0 Å². The third-order valence-corrected chi connectivity index (χ3v) is 6.76. The first-order valence-corrected chi connectivity index (χ1v) is 11.2. The smallest absolute Gasteiger partial charge is 0.336 e. The average Bonchev–Trinajstić information content (AvgIpc) is 3.44. The Morgan fingerprint density at radius 3 is 2.84 bits per heavy atom. The van der Waals surface area contributed by atoms with Crippen molar-refractivity contribution in [3.63, 3.8) is 0 Å². The lowest BCUT2D eigenvalue weighted by atomic mass is 9.83. The van der Waals surface area contributed by atoms with Gasteiger partial charge in [0.15, 0.2) is 5.69 Å². The summed E-state index contributed by atoms with van der Waals surface area (Å²) in [5, 5.41) is 9.01. The summed E-state index contributed by atoms with van der Waals surface area (Å²) in [5.41, 5.74) is 2.89. The highest BCUT2D eigenvalue weighted by molar-refractivity contribution is 14.1. The molecule has 0 amide bonds. The zero-order valence-electron chi connectivity index (χ0n) is 16.8. The van der Waals surface area contributed by atoms with Crippen LogP contribution in [0.25, 0.3) is 22.6 Å². The summed E-state index contributed by atoms with van der Waals surface area (Å²) >= 11 is 2.40. The van der Waals surface area contributed by atoms with Crippen LogP contribution in [0.3, 0.4) is 0 Å². The molecule has 1 aromatic carbocycles. The number of fused-ring (bicyclic) bond motifs is 1. The van der Waals surface area contributed by atoms with Crippen LogP contribution in [-0.4, -0.2) is 29.9 Å². The Bertz CT molecular complexity index is 1260. The molecule has 0 spiro atoms. The Morgan fingerprint density at radius 1 is 1.12 bits per heavy atom. The van der Waals surface area contributed by atoms with Crippen LogP contribution in [0.15, 0.2) is 49.1 Å². The number of nitrogens with zero attached hydrogens (tertiary/aromatic N) is 5. The van der Waals surface area contributed by atoms with Gasteiger partial charge in [-0.2, -0.15) is 28.6 Å². The number of nitrogens with one attached hydrogen (secondary N) is 1. The van der Waals surface area contributed by atoms with E-state index in [9.17, 15) is 13.2 Å². The van der Waals surface area contributed by atoms with Crippen molar-refractivity contribution in [2.45, 2.75) is 37.9 Å². The number of pyridine rings is 1. The average molecular weight is 550 g/mol. The van der Waals surface area contributed by atoms with Crippen molar-refractivity contribution < 1.29 is 13.2 Å². The second-order valence-electron chi connectivity index (χ2n) is 7.80. The fourth-order valence-corrected chi connectivity index (χ4v) is 5.08. The summed E-state index contributed by atoms with van der Waals surface area (Å²) in [4.78, 5) is 8.75. The Kier molecular flexibility index (Phi) is 5.48. The van der Waals surface area contributed by atoms with Crippen molar-refractivity contribution in [2.24, 2.45) is 0 Å². The second-order valence-corrected chi connectivity index (χ2v) is 8.96. The summed E-state index contributed by atoms with van der Waals surface area (Å²) in [6, 6.07) is 9.49. The SMILES string of the molecule is FC(F)(F)c1n[nH]nc1-c1ccnc(-c2cn(C[C@H]3CCCc4c(I)cccc43)cn2)c1. The number of H-pyrrole nitrogens is 1. The Morgan fingerprint density at radius 2 is 2.00 bits per heavy atom. The lowest BCUT2D eigenvalue weighted by Gasteiger charge is -2.26. The maximum atomic E-state index is 13.2. The van der Waals surface area contributed by atoms with Gasteiger partial charge in [-0.05, 0) is 71.2 Å². The van der Waals surface area contributed by atoms with Crippen molar-refractivity contribution in [1.29, 1.82) is 0 Å². The van der Waals surface area contributed by atoms with Gasteiger partial charge in [0.25, 0.3) is 0 Å². The van der Waals surface area contributed by atoms with Crippen LogP contribution in [0, 0.1) is 3.57 Å². The molecule has 0 saturated carbocycles. The first-order chi connectivity index (χ1) is 15.4. The Labute approximate surface area is 195 Å². The van der Waals surface area contributed by atoms with Gasteiger partial charge < -0.3 is 4.57 Å². The number of rotatable bonds is 4. The van der Waals surface area contributed by atoms with Crippen molar-refractivity contribution >= 4 is 22.6 Å². The number of aromatic amines is 1. The molecule has 1 aliphatic rings. The molecule has 6 nitrogen and oxygen atoms in total. The molecule has 1 aliphatic carbocycles. The molecule has 32 heavy (non-hydrogen) atoms. The van der Waals surface area contributed by atoms with Gasteiger partial charge in [0.1, 0.15) is 11.4 Å². The molecule has 10 heteroatoms. The molecule has 3 heterocycles. The van der Waals surface area contributed by atoms with E-state index in [4.69, 9.17) is 0 Å². The van der Waals surface area contributed by atoms with Gasteiger partial charge in [-0.15, -0.1) is 0 Å². The minimum absolute atomic E-state index is 0.256. The summed E-state index contributed by atoms with van der Waals surface area (Å²) in [5.74, 6) is 0.402. The van der Waals surface area contributed by atoms with Crippen molar-refractivity contribution in [3.8, 4) is 22.6 Å². The standard InChI is InChI=1S/C22H18F3IN6/c23-22(24,25)21-20(29-31-30-21)13-7-8-27-18(9-13)19-11-32(12-28-19)10-14-3-1-5-16-15(14)4-2-6-17(16)26/h2,4,6-9,11-12,14H,1,3,5,10H2,(H,29,30,31)/t14-/m1/s1. The Balaban J connectivity index is 1.41. The lowest BCUT2D eigenvalue weighted by molar-refractivity contribution is -0.140. The van der Waals surface area contributed by atoms with E-state index in [1.54, 1.807) is 12.4 Å². The molecular formula is C22H18F3IN6. The van der Waals surface area contributed by atoms with E-state index in [1.807, 2.05) is 10.8 Å². The molecule has 0 saturated heterocycles. The number of alkyl halides is 3. The molecule has 0 unspecified atom stereocenters. The largest absolute Gasteiger partial charge is 0.437 e. The van der Waals surface area contributed by atoms with Gasteiger partial charge in [-0.25, -0.2) is 4.98 Å². The molecule has 0 bridgehead atoms. The molecule has 4 aromatic rings. The number of halogens is 4. The number of hydrogen-bond donors (Lipinski definition) is 1. The number of aromatic nitrogens is 6. The maximum Gasteiger partial charge on any atom is 0.437 e. The van der Waals surface area contributed by atoms with Gasteiger partial charge in [-0.1, -0.05) is 12.1 Å².